The van der Waals surface area contributed by atoms with Crippen molar-refractivity contribution in [1.29, 1.82) is 0 Å². The van der Waals surface area contributed by atoms with Crippen LogP contribution in [0.3, 0.4) is 0 Å². The standard InChI is InChI=1S/C13H14N6O/c1-18-9-10(8-15-18)13(20)14-6-5-12-17-16-11-4-2-3-7-19(11)12/h2-4,7-9H,5-6H2,1H3,(H,14,20). The summed E-state index contributed by atoms with van der Waals surface area (Å²) in [6.07, 6.45) is 5.76. The Balaban J connectivity index is 1.61. The summed E-state index contributed by atoms with van der Waals surface area (Å²) >= 11 is 0. The second-order valence-corrected chi connectivity index (χ2v) is 4.45. The molecule has 3 aromatic rings. The van der Waals surface area contributed by atoms with Gasteiger partial charge in [0.1, 0.15) is 5.82 Å². The quantitative estimate of drug-likeness (QED) is 0.746. The summed E-state index contributed by atoms with van der Waals surface area (Å²) in [5.41, 5.74) is 1.36. The van der Waals surface area contributed by atoms with Crippen molar-refractivity contribution in [1.82, 2.24) is 29.7 Å². The first kappa shape index (κ1) is 12.3. The van der Waals surface area contributed by atoms with Crippen molar-refractivity contribution in [2.45, 2.75) is 6.42 Å². The number of hydrogen-bond donors (Lipinski definition) is 1. The Morgan fingerprint density at radius 2 is 2.25 bits per heavy atom. The Morgan fingerprint density at radius 3 is 3.05 bits per heavy atom. The van der Waals surface area contributed by atoms with Crippen molar-refractivity contribution in [3.8, 4) is 0 Å². The van der Waals surface area contributed by atoms with Crippen LogP contribution >= 0.6 is 0 Å². The highest BCUT2D eigenvalue weighted by molar-refractivity contribution is 5.93. The van der Waals surface area contributed by atoms with Crippen LogP contribution in [-0.4, -0.2) is 36.8 Å². The minimum absolute atomic E-state index is 0.132. The van der Waals surface area contributed by atoms with Crippen molar-refractivity contribution in [2.24, 2.45) is 7.05 Å². The monoisotopic (exact) mass is 270 g/mol. The smallest absolute Gasteiger partial charge is 0.254 e. The Morgan fingerprint density at radius 1 is 1.35 bits per heavy atom. The number of fused-ring (bicyclic) bond motifs is 1. The van der Waals surface area contributed by atoms with Gasteiger partial charge in [-0.15, -0.1) is 10.2 Å². The van der Waals surface area contributed by atoms with Crippen molar-refractivity contribution in [2.75, 3.05) is 6.54 Å². The minimum Gasteiger partial charge on any atom is -0.351 e. The molecule has 0 saturated heterocycles. The van der Waals surface area contributed by atoms with Crippen LogP contribution in [-0.2, 0) is 13.5 Å². The van der Waals surface area contributed by atoms with Crippen molar-refractivity contribution < 1.29 is 4.79 Å². The lowest BCUT2D eigenvalue weighted by molar-refractivity contribution is 0.0954. The zero-order valence-electron chi connectivity index (χ0n) is 11.0. The molecule has 0 spiro atoms. The van der Waals surface area contributed by atoms with E-state index in [0.717, 1.165) is 11.5 Å². The molecule has 0 radical (unpaired) electrons. The summed E-state index contributed by atoms with van der Waals surface area (Å²) in [6.45, 7) is 0.503. The zero-order valence-corrected chi connectivity index (χ0v) is 11.0. The molecule has 7 nitrogen and oxygen atoms in total. The lowest BCUT2D eigenvalue weighted by Gasteiger charge is -2.02. The second-order valence-electron chi connectivity index (χ2n) is 4.45. The molecule has 20 heavy (non-hydrogen) atoms. The highest BCUT2D eigenvalue weighted by Crippen LogP contribution is 2.03. The first-order valence-electron chi connectivity index (χ1n) is 6.29. The lowest BCUT2D eigenvalue weighted by atomic mass is 10.3. The molecule has 0 atom stereocenters. The van der Waals surface area contributed by atoms with E-state index < -0.39 is 0 Å². The fraction of sp³-hybridized carbons (Fsp3) is 0.231. The highest BCUT2D eigenvalue weighted by atomic mass is 16.1. The van der Waals surface area contributed by atoms with Gasteiger partial charge in [0.15, 0.2) is 5.65 Å². The van der Waals surface area contributed by atoms with E-state index in [4.69, 9.17) is 0 Å². The maximum atomic E-state index is 11.8. The van der Waals surface area contributed by atoms with Crippen LogP contribution in [0.1, 0.15) is 16.2 Å². The predicted molar refractivity (Wildman–Crippen MR) is 72.2 cm³/mol. The zero-order chi connectivity index (χ0) is 13.9. The number of rotatable bonds is 4. The molecule has 0 bridgehead atoms. The van der Waals surface area contributed by atoms with Crippen molar-refractivity contribution in [3.05, 3.63) is 48.2 Å². The number of aryl methyl sites for hydroxylation is 1. The normalized spacial score (nSPS) is 10.8. The first-order chi connectivity index (χ1) is 9.74. The van der Waals surface area contributed by atoms with Crippen LogP contribution in [0, 0.1) is 0 Å². The molecule has 0 aliphatic rings. The average molecular weight is 270 g/mol. The molecule has 3 rings (SSSR count). The van der Waals surface area contributed by atoms with Crippen LogP contribution in [0.4, 0.5) is 0 Å². The number of carbonyl (C=O) groups is 1. The summed E-state index contributed by atoms with van der Waals surface area (Å²) in [5, 5.41) is 15.0. The molecule has 0 aromatic carbocycles. The maximum Gasteiger partial charge on any atom is 0.254 e. The maximum absolute atomic E-state index is 11.8. The van der Waals surface area contributed by atoms with Gasteiger partial charge in [0.05, 0.1) is 11.8 Å². The second kappa shape index (κ2) is 5.12. The number of carbonyl (C=O) groups excluding carboxylic acids is 1. The van der Waals surface area contributed by atoms with Crippen molar-refractivity contribution in [3.63, 3.8) is 0 Å². The highest BCUT2D eigenvalue weighted by Gasteiger charge is 2.08. The average Bonchev–Trinajstić information content (AvgIpc) is 3.06. The van der Waals surface area contributed by atoms with E-state index in [0.29, 0.717) is 18.5 Å². The van der Waals surface area contributed by atoms with Gasteiger partial charge < -0.3 is 5.32 Å². The summed E-state index contributed by atoms with van der Waals surface area (Å²) in [6, 6.07) is 5.73. The topological polar surface area (TPSA) is 77.1 Å². The SMILES string of the molecule is Cn1cc(C(=O)NCCc2nnc3ccccn23)cn1. The molecule has 0 aliphatic heterocycles. The molecule has 7 heteroatoms. The number of nitrogens with one attached hydrogen (secondary N) is 1. The Kier molecular flexibility index (Phi) is 3.16. The largest absolute Gasteiger partial charge is 0.351 e. The van der Waals surface area contributed by atoms with Gasteiger partial charge in [0.2, 0.25) is 0 Å². The molecule has 0 saturated carbocycles. The number of pyridine rings is 1. The van der Waals surface area contributed by atoms with Crippen LogP contribution < -0.4 is 5.32 Å². The van der Waals surface area contributed by atoms with Crippen LogP contribution in [0.25, 0.3) is 5.65 Å². The fourth-order valence-electron chi connectivity index (χ4n) is 1.99. The molecule has 0 unspecified atom stereocenters. The summed E-state index contributed by atoms with van der Waals surface area (Å²) < 4.78 is 3.51. The molecule has 1 N–H and O–H groups in total. The first-order valence-corrected chi connectivity index (χ1v) is 6.29. The number of aromatic nitrogens is 5. The van der Waals surface area contributed by atoms with Gasteiger partial charge in [-0.3, -0.25) is 13.9 Å². The summed E-state index contributed by atoms with van der Waals surface area (Å²) in [7, 11) is 1.78. The Hall–Kier alpha value is -2.70. The number of amides is 1. The van der Waals surface area contributed by atoms with Gasteiger partial charge in [-0.05, 0) is 12.1 Å². The Bertz CT molecular complexity index is 744. The fourth-order valence-corrected chi connectivity index (χ4v) is 1.99. The van der Waals surface area contributed by atoms with Crippen LogP contribution in [0.15, 0.2) is 36.8 Å². The third-order valence-electron chi connectivity index (χ3n) is 2.99. The van der Waals surface area contributed by atoms with Crippen LogP contribution in [0.5, 0.6) is 0 Å². The van der Waals surface area contributed by atoms with E-state index in [1.807, 2.05) is 28.8 Å². The van der Waals surface area contributed by atoms with E-state index in [-0.39, 0.29) is 5.91 Å². The summed E-state index contributed by atoms with van der Waals surface area (Å²) in [5.74, 6) is 0.694. The van der Waals surface area contributed by atoms with E-state index in [9.17, 15) is 4.79 Å². The molecule has 102 valence electrons. The van der Waals surface area contributed by atoms with Gasteiger partial charge in [0.25, 0.3) is 5.91 Å². The summed E-state index contributed by atoms with van der Waals surface area (Å²) in [4.78, 5) is 11.8. The van der Waals surface area contributed by atoms with E-state index in [1.165, 1.54) is 0 Å². The Labute approximate surface area is 115 Å². The van der Waals surface area contributed by atoms with E-state index in [2.05, 4.69) is 20.6 Å². The molecule has 0 aliphatic carbocycles. The van der Waals surface area contributed by atoms with Gasteiger partial charge >= 0.3 is 0 Å². The molecule has 3 aromatic heterocycles. The van der Waals surface area contributed by atoms with Crippen LogP contribution in [0.2, 0.25) is 0 Å². The van der Waals surface area contributed by atoms with Crippen molar-refractivity contribution >= 4 is 11.6 Å². The molecule has 1 amide bonds. The third-order valence-corrected chi connectivity index (χ3v) is 2.99. The number of nitrogens with zero attached hydrogens (tertiary/aromatic N) is 5. The predicted octanol–water partition coefficient (Wildman–Crippen LogP) is 0.435. The van der Waals surface area contributed by atoms with Gasteiger partial charge in [0, 0.05) is 32.4 Å². The third kappa shape index (κ3) is 2.37. The lowest BCUT2D eigenvalue weighted by Crippen LogP contribution is -2.25. The number of hydrogen-bond acceptors (Lipinski definition) is 4. The minimum atomic E-state index is -0.132. The van der Waals surface area contributed by atoms with Gasteiger partial charge in [-0.2, -0.15) is 5.10 Å². The molecule has 3 heterocycles. The molecule has 0 fully saturated rings. The van der Waals surface area contributed by atoms with E-state index in [1.54, 1.807) is 24.1 Å². The molecular weight excluding hydrogens is 256 g/mol. The van der Waals surface area contributed by atoms with Gasteiger partial charge in [-0.1, -0.05) is 6.07 Å². The molecular formula is C13H14N6O. The van der Waals surface area contributed by atoms with Gasteiger partial charge in [-0.25, -0.2) is 0 Å². The van der Waals surface area contributed by atoms with E-state index >= 15 is 0 Å².